The quantitative estimate of drug-likeness (QED) is 0.150. The number of hydrogen-bond donors (Lipinski definition) is 2. The summed E-state index contributed by atoms with van der Waals surface area (Å²) < 4.78 is 126. The summed E-state index contributed by atoms with van der Waals surface area (Å²) in [6.07, 6.45) is -15.8. The minimum atomic E-state index is -5.93. The fraction of sp³-hybridized carbons (Fsp3) is 0.806. The number of carbonyl (C=O) groups is 2. The van der Waals surface area contributed by atoms with E-state index in [-0.39, 0.29) is 47.7 Å². The highest BCUT2D eigenvalue weighted by Crippen LogP contribution is 2.55. The van der Waals surface area contributed by atoms with Crippen molar-refractivity contribution in [3.8, 4) is 0 Å². The third kappa shape index (κ3) is 8.22. The Kier molecular flexibility index (Phi) is 11.0. The van der Waals surface area contributed by atoms with E-state index in [2.05, 4.69) is 13.2 Å². The molecule has 9 unspecified atom stereocenters. The number of alkyl halides is 9. The largest absolute Gasteiger partial charge is 0.459 e. The maximum absolute atomic E-state index is 13.0. The number of esters is 2. The minimum absolute atomic E-state index is 0.0896. The number of fused-ring (bicyclic) bond motifs is 4. The molecule has 0 aromatic rings. The van der Waals surface area contributed by atoms with Gasteiger partial charge in [0.25, 0.3) is 5.60 Å². The Morgan fingerprint density at radius 1 is 0.761 bits per heavy atom. The first kappa shape index (κ1) is 38.2. The average molecular weight is 681 g/mol. The summed E-state index contributed by atoms with van der Waals surface area (Å²) in [5.74, 6) is -1.97. The molecule has 15 heteroatoms. The Morgan fingerprint density at radius 2 is 1.33 bits per heavy atom. The fourth-order valence-corrected chi connectivity index (χ4v) is 7.55. The molecule has 0 aromatic carbocycles. The summed E-state index contributed by atoms with van der Waals surface area (Å²) in [4.78, 5) is 23.2. The van der Waals surface area contributed by atoms with Crippen LogP contribution in [0, 0.1) is 35.5 Å². The molecule has 2 N–H and O–H groups in total. The van der Waals surface area contributed by atoms with Gasteiger partial charge in [0.15, 0.2) is 5.60 Å². The van der Waals surface area contributed by atoms with Crippen LogP contribution in [0.15, 0.2) is 24.3 Å². The van der Waals surface area contributed by atoms with Crippen molar-refractivity contribution in [2.24, 2.45) is 35.5 Å². The van der Waals surface area contributed by atoms with Gasteiger partial charge in [-0.15, -0.1) is 0 Å². The smallest absolute Gasteiger partial charge is 0.426 e. The van der Waals surface area contributed by atoms with Crippen molar-refractivity contribution in [1.82, 2.24) is 0 Å². The highest BCUT2D eigenvalue weighted by molar-refractivity contribution is 5.87. The van der Waals surface area contributed by atoms with Gasteiger partial charge in [-0.2, -0.15) is 39.5 Å². The van der Waals surface area contributed by atoms with Gasteiger partial charge >= 0.3 is 30.5 Å². The van der Waals surface area contributed by atoms with Gasteiger partial charge in [0.05, 0.1) is 0 Å². The summed E-state index contributed by atoms with van der Waals surface area (Å²) >= 11 is 0. The normalized spacial score (nSPS) is 31.0. The molecular formula is C31H41F9O6. The molecule has 0 radical (unpaired) electrons. The zero-order valence-corrected chi connectivity index (χ0v) is 25.8. The predicted octanol–water partition coefficient (Wildman–Crippen LogP) is 7.38. The van der Waals surface area contributed by atoms with Gasteiger partial charge in [-0.05, 0) is 101 Å². The van der Waals surface area contributed by atoms with Crippen LogP contribution >= 0.6 is 0 Å². The lowest BCUT2D eigenvalue weighted by molar-refractivity contribution is -0.375. The van der Waals surface area contributed by atoms with Crippen LogP contribution in [0.25, 0.3) is 0 Å². The molecule has 46 heavy (non-hydrogen) atoms. The number of carbonyl (C=O) groups excluding carboxylic acids is 2. The molecule has 4 rings (SSSR count). The van der Waals surface area contributed by atoms with Crippen molar-refractivity contribution < 1.29 is 68.8 Å². The summed E-state index contributed by atoms with van der Waals surface area (Å²) in [5, 5.41) is 19.1. The number of hydrogen-bond acceptors (Lipinski definition) is 6. The number of rotatable bonds is 9. The third-order valence-electron chi connectivity index (χ3n) is 10.1. The molecule has 9 atom stereocenters. The second-order valence-electron chi connectivity index (χ2n) is 13.8. The van der Waals surface area contributed by atoms with Crippen LogP contribution in [0.5, 0.6) is 0 Å². The van der Waals surface area contributed by atoms with Crippen LogP contribution in [-0.4, -0.2) is 64.1 Å². The van der Waals surface area contributed by atoms with E-state index in [1.807, 2.05) is 0 Å². The summed E-state index contributed by atoms with van der Waals surface area (Å²) in [5.41, 5.74) is -7.38. The monoisotopic (exact) mass is 680 g/mol. The van der Waals surface area contributed by atoms with Crippen LogP contribution in [0.2, 0.25) is 0 Å². The third-order valence-corrected chi connectivity index (χ3v) is 10.1. The van der Waals surface area contributed by atoms with Gasteiger partial charge in [-0.25, -0.2) is 9.59 Å². The van der Waals surface area contributed by atoms with Crippen LogP contribution in [0.3, 0.4) is 0 Å². The molecule has 4 saturated carbocycles. The van der Waals surface area contributed by atoms with E-state index in [1.165, 1.54) is 6.92 Å². The molecule has 4 aliphatic rings. The Balaban J connectivity index is 0.000000254. The lowest BCUT2D eigenvalue weighted by atomic mass is 9.79. The molecule has 0 spiro atoms. The average Bonchev–Trinajstić information content (AvgIpc) is 3.68. The van der Waals surface area contributed by atoms with E-state index in [4.69, 9.17) is 9.47 Å². The molecule has 0 aromatic heterocycles. The van der Waals surface area contributed by atoms with E-state index in [1.54, 1.807) is 6.92 Å². The van der Waals surface area contributed by atoms with E-state index in [0.717, 1.165) is 19.8 Å². The Labute approximate surface area is 261 Å². The second-order valence-corrected chi connectivity index (χ2v) is 13.8. The van der Waals surface area contributed by atoms with Crippen LogP contribution in [-0.2, 0) is 19.1 Å². The van der Waals surface area contributed by atoms with Crippen LogP contribution in [0.4, 0.5) is 39.5 Å². The molecule has 0 heterocycles. The van der Waals surface area contributed by atoms with Crippen molar-refractivity contribution in [2.75, 3.05) is 0 Å². The molecule has 6 nitrogen and oxygen atoms in total. The number of aliphatic hydroxyl groups is 2. The fourth-order valence-electron chi connectivity index (χ4n) is 7.55. The molecule has 4 bridgehead atoms. The zero-order chi connectivity index (χ0) is 35.2. The molecule has 4 aliphatic carbocycles. The van der Waals surface area contributed by atoms with E-state index in [0.29, 0.717) is 37.7 Å². The zero-order valence-electron chi connectivity index (χ0n) is 25.8. The van der Waals surface area contributed by atoms with Gasteiger partial charge in [0.2, 0.25) is 0 Å². The second kappa shape index (κ2) is 13.3. The number of halogens is 9. The van der Waals surface area contributed by atoms with Crippen molar-refractivity contribution in [3.63, 3.8) is 0 Å². The molecule has 4 fully saturated rings. The maximum Gasteiger partial charge on any atom is 0.426 e. The van der Waals surface area contributed by atoms with Crippen molar-refractivity contribution in [2.45, 2.75) is 120 Å². The van der Waals surface area contributed by atoms with Crippen LogP contribution < -0.4 is 0 Å². The van der Waals surface area contributed by atoms with Crippen molar-refractivity contribution in [1.29, 1.82) is 0 Å². The van der Waals surface area contributed by atoms with E-state index >= 15 is 0 Å². The highest BCUT2D eigenvalue weighted by Gasteiger charge is 2.71. The predicted molar refractivity (Wildman–Crippen MR) is 146 cm³/mol. The lowest BCUT2D eigenvalue weighted by Crippen LogP contribution is -2.59. The standard InChI is InChI=1S/C16H20F6O3.C15H21F3O3/c1-8(2)13(23)25-12(11-6-9-3-4-10(11)5-9)7-14(24,15(17,18)19)16(20,21)22;1-8(2)13(19)21-12-6-9-4-10(12)5-11(9)7-14(3,20)15(16,17)18/h9-12,24H,1,3-7H2,2H3;9-12,20H,1,4-7H2,2-3H3. The Bertz CT molecular complexity index is 1140. The Morgan fingerprint density at radius 3 is 1.72 bits per heavy atom. The Hall–Kier alpha value is -2.29. The van der Waals surface area contributed by atoms with Crippen molar-refractivity contribution in [3.05, 3.63) is 24.3 Å². The van der Waals surface area contributed by atoms with Gasteiger partial charge < -0.3 is 19.7 Å². The van der Waals surface area contributed by atoms with Gasteiger partial charge in [-0.3, -0.25) is 0 Å². The first-order valence-corrected chi connectivity index (χ1v) is 15.1. The summed E-state index contributed by atoms with van der Waals surface area (Å²) in [6, 6.07) is 0. The highest BCUT2D eigenvalue weighted by atomic mass is 19.4. The van der Waals surface area contributed by atoms with Crippen molar-refractivity contribution >= 4 is 11.9 Å². The molecule has 0 saturated heterocycles. The lowest BCUT2D eigenvalue weighted by Gasteiger charge is -2.38. The van der Waals surface area contributed by atoms with E-state index < -0.39 is 60.1 Å². The summed E-state index contributed by atoms with van der Waals surface area (Å²) in [6.45, 7) is 10.5. The van der Waals surface area contributed by atoms with Gasteiger partial charge in [0, 0.05) is 17.6 Å². The number of ether oxygens (including phenoxy) is 2. The molecule has 264 valence electrons. The first-order valence-electron chi connectivity index (χ1n) is 15.1. The molecular weight excluding hydrogens is 639 g/mol. The minimum Gasteiger partial charge on any atom is -0.459 e. The summed E-state index contributed by atoms with van der Waals surface area (Å²) in [7, 11) is 0. The first-order chi connectivity index (χ1) is 20.8. The van der Waals surface area contributed by atoms with Gasteiger partial charge in [-0.1, -0.05) is 19.6 Å². The molecule has 0 amide bonds. The topological polar surface area (TPSA) is 93.1 Å². The van der Waals surface area contributed by atoms with Gasteiger partial charge in [0.1, 0.15) is 12.2 Å². The SMILES string of the molecule is C=C(C)C(=O)OC(CC(O)(C(F)(F)F)C(F)(F)F)C1CC2CCC1C2.C=C(C)C(=O)OC1CC2CC1CC2CC(C)(O)C(F)(F)F. The molecule has 0 aliphatic heterocycles. The van der Waals surface area contributed by atoms with Crippen LogP contribution in [0.1, 0.15) is 78.6 Å². The van der Waals surface area contributed by atoms with E-state index in [9.17, 15) is 59.3 Å². The maximum atomic E-state index is 13.0.